The van der Waals surface area contributed by atoms with E-state index in [2.05, 4.69) is 25.8 Å². The van der Waals surface area contributed by atoms with Crippen molar-refractivity contribution in [2.24, 2.45) is 0 Å². The second kappa shape index (κ2) is 8.01. The van der Waals surface area contributed by atoms with E-state index in [1.54, 1.807) is 11.1 Å². The number of nitrogens with zero attached hydrogens (tertiary/aromatic N) is 3. The third-order valence-electron chi connectivity index (χ3n) is 3.91. The molecular weight excluding hydrogens is 413 g/mol. The van der Waals surface area contributed by atoms with Crippen LogP contribution in [0.25, 0.3) is 0 Å². The van der Waals surface area contributed by atoms with Crippen molar-refractivity contribution in [1.82, 2.24) is 9.88 Å². The van der Waals surface area contributed by atoms with Gasteiger partial charge in [0.05, 0.1) is 5.02 Å². The maximum Gasteiger partial charge on any atom is 0.260 e. The van der Waals surface area contributed by atoms with Crippen molar-refractivity contribution in [1.29, 1.82) is 0 Å². The fraction of sp³-hybridized carbons (Fsp3) is 0.294. The normalized spacial score (nSPS) is 14.5. The van der Waals surface area contributed by atoms with E-state index in [9.17, 15) is 9.18 Å². The molecule has 1 amide bonds. The molecule has 1 aliphatic heterocycles. The number of pyridine rings is 1. The molecule has 0 atom stereocenters. The second-order valence-electron chi connectivity index (χ2n) is 5.57. The van der Waals surface area contributed by atoms with Crippen LogP contribution in [0.4, 0.5) is 10.2 Å². The first-order valence-electron chi connectivity index (χ1n) is 7.75. The molecule has 0 radical (unpaired) electrons. The summed E-state index contributed by atoms with van der Waals surface area (Å²) in [6, 6.07) is 7.71. The standard InChI is InChI=1S/C17H16BrClFN3O2/c18-12-1-4-16(21-10-12)22-5-7-23(8-6-22)17(24)11-25-15-3-2-13(20)9-14(15)19/h1-4,9-10H,5-8,11H2. The Bertz CT molecular complexity index is 752. The summed E-state index contributed by atoms with van der Waals surface area (Å²) >= 11 is 9.26. The lowest BCUT2D eigenvalue weighted by atomic mass is 10.3. The SMILES string of the molecule is O=C(COc1ccc(F)cc1Cl)N1CCN(c2ccc(Br)cn2)CC1. The molecule has 2 heterocycles. The minimum absolute atomic E-state index is 0.121. The van der Waals surface area contributed by atoms with Gasteiger partial charge in [-0.1, -0.05) is 11.6 Å². The average molecular weight is 429 g/mol. The summed E-state index contributed by atoms with van der Waals surface area (Å²) in [5, 5.41) is 0.152. The summed E-state index contributed by atoms with van der Waals surface area (Å²) in [6.45, 7) is 2.48. The Labute approximate surface area is 158 Å². The molecule has 5 nitrogen and oxygen atoms in total. The largest absolute Gasteiger partial charge is 0.482 e. The number of benzene rings is 1. The number of piperazine rings is 1. The third kappa shape index (κ3) is 4.61. The number of amides is 1. The molecule has 0 unspecified atom stereocenters. The predicted octanol–water partition coefficient (Wildman–Crippen LogP) is 3.36. The first-order valence-corrected chi connectivity index (χ1v) is 8.92. The minimum Gasteiger partial charge on any atom is -0.482 e. The second-order valence-corrected chi connectivity index (χ2v) is 6.89. The molecule has 8 heteroatoms. The van der Waals surface area contributed by atoms with Crippen molar-refractivity contribution in [2.75, 3.05) is 37.7 Å². The molecule has 0 spiro atoms. The van der Waals surface area contributed by atoms with E-state index in [1.807, 2.05) is 12.1 Å². The van der Waals surface area contributed by atoms with E-state index in [1.165, 1.54) is 12.1 Å². The van der Waals surface area contributed by atoms with Gasteiger partial charge in [-0.3, -0.25) is 4.79 Å². The maximum atomic E-state index is 13.0. The van der Waals surface area contributed by atoms with Gasteiger partial charge in [0, 0.05) is 36.8 Å². The van der Waals surface area contributed by atoms with Crippen LogP contribution in [0.3, 0.4) is 0 Å². The van der Waals surface area contributed by atoms with Crippen LogP contribution in [0, 0.1) is 5.82 Å². The molecule has 1 saturated heterocycles. The van der Waals surface area contributed by atoms with Crippen LogP contribution >= 0.6 is 27.5 Å². The lowest BCUT2D eigenvalue weighted by Gasteiger charge is -2.35. The van der Waals surface area contributed by atoms with Crippen LogP contribution in [0.2, 0.25) is 5.02 Å². The number of hydrogen-bond acceptors (Lipinski definition) is 4. The molecule has 0 aliphatic carbocycles. The number of carbonyl (C=O) groups is 1. The molecule has 0 bridgehead atoms. The summed E-state index contributed by atoms with van der Waals surface area (Å²) < 4.78 is 19.4. The van der Waals surface area contributed by atoms with Crippen molar-refractivity contribution >= 4 is 39.3 Å². The molecule has 3 rings (SSSR count). The molecule has 0 saturated carbocycles. The van der Waals surface area contributed by atoms with Gasteiger partial charge in [0.25, 0.3) is 5.91 Å². The lowest BCUT2D eigenvalue weighted by molar-refractivity contribution is -0.133. The van der Waals surface area contributed by atoms with Gasteiger partial charge >= 0.3 is 0 Å². The van der Waals surface area contributed by atoms with Crippen molar-refractivity contribution < 1.29 is 13.9 Å². The summed E-state index contributed by atoms with van der Waals surface area (Å²) in [5.74, 6) is 0.629. The summed E-state index contributed by atoms with van der Waals surface area (Å²) in [4.78, 5) is 20.5. The molecule has 2 aromatic rings. The highest BCUT2D eigenvalue weighted by Crippen LogP contribution is 2.25. The Morgan fingerprint density at radius 3 is 2.64 bits per heavy atom. The Kier molecular flexibility index (Phi) is 5.75. The van der Waals surface area contributed by atoms with Gasteiger partial charge in [-0.25, -0.2) is 9.37 Å². The van der Waals surface area contributed by atoms with Crippen molar-refractivity contribution in [3.05, 3.63) is 51.8 Å². The van der Waals surface area contributed by atoms with Crippen LogP contribution in [-0.2, 0) is 4.79 Å². The van der Waals surface area contributed by atoms with E-state index in [0.717, 1.165) is 16.4 Å². The highest BCUT2D eigenvalue weighted by molar-refractivity contribution is 9.10. The molecule has 1 aromatic heterocycles. The lowest BCUT2D eigenvalue weighted by Crippen LogP contribution is -2.50. The Morgan fingerprint density at radius 2 is 2.00 bits per heavy atom. The molecule has 25 heavy (non-hydrogen) atoms. The van der Waals surface area contributed by atoms with E-state index in [-0.39, 0.29) is 17.5 Å². The summed E-state index contributed by atoms with van der Waals surface area (Å²) in [6.07, 6.45) is 1.76. The minimum atomic E-state index is -0.443. The zero-order chi connectivity index (χ0) is 17.8. The molecule has 1 aliphatic rings. The van der Waals surface area contributed by atoms with Crippen LogP contribution in [-0.4, -0.2) is 48.6 Å². The zero-order valence-corrected chi connectivity index (χ0v) is 15.6. The fourth-order valence-corrected chi connectivity index (χ4v) is 3.02. The average Bonchev–Trinajstić information content (AvgIpc) is 2.61. The number of ether oxygens (including phenoxy) is 1. The molecule has 1 fully saturated rings. The van der Waals surface area contributed by atoms with Gasteiger partial charge in [0.15, 0.2) is 6.61 Å². The third-order valence-corrected chi connectivity index (χ3v) is 4.68. The Balaban J connectivity index is 1.50. The van der Waals surface area contributed by atoms with Gasteiger partial charge in [-0.15, -0.1) is 0 Å². The summed E-state index contributed by atoms with van der Waals surface area (Å²) in [7, 11) is 0. The van der Waals surface area contributed by atoms with E-state index < -0.39 is 5.82 Å². The smallest absolute Gasteiger partial charge is 0.260 e. The number of rotatable bonds is 4. The quantitative estimate of drug-likeness (QED) is 0.749. The van der Waals surface area contributed by atoms with E-state index >= 15 is 0 Å². The van der Waals surface area contributed by atoms with Crippen LogP contribution in [0.5, 0.6) is 5.75 Å². The number of carbonyl (C=O) groups excluding carboxylic acids is 1. The van der Waals surface area contributed by atoms with Crippen molar-refractivity contribution in [3.63, 3.8) is 0 Å². The number of hydrogen-bond donors (Lipinski definition) is 0. The van der Waals surface area contributed by atoms with Crippen molar-refractivity contribution in [3.8, 4) is 5.75 Å². The maximum absolute atomic E-state index is 13.0. The van der Waals surface area contributed by atoms with Gasteiger partial charge in [0.1, 0.15) is 17.4 Å². The molecule has 1 aromatic carbocycles. The van der Waals surface area contributed by atoms with Gasteiger partial charge in [0.2, 0.25) is 0 Å². The van der Waals surface area contributed by atoms with Gasteiger partial charge in [-0.2, -0.15) is 0 Å². The van der Waals surface area contributed by atoms with Crippen LogP contribution < -0.4 is 9.64 Å². The number of halogens is 3. The zero-order valence-electron chi connectivity index (χ0n) is 13.3. The topological polar surface area (TPSA) is 45.7 Å². The Hall–Kier alpha value is -1.86. The molecule has 0 N–H and O–H groups in total. The first-order chi connectivity index (χ1) is 12.0. The van der Waals surface area contributed by atoms with Crippen LogP contribution in [0.1, 0.15) is 0 Å². The first kappa shape index (κ1) is 17.9. The summed E-state index contributed by atoms with van der Waals surface area (Å²) in [5.41, 5.74) is 0. The number of aromatic nitrogens is 1. The van der Waals surface area contributed by atoms with Gasteiger partial charge < -0.3 is 14.5 Å². The predicted molar refractivity (Wildman–Crippen MR) is 97.6 cm³/mol. The Morgan fingerprint density at radius 1 is 1.24 bits per heavy atom. The van der Waals surface area contributed by atoms with Crippen molar-refractivity contribution in [2.45, 2.75) is 0 Å². The molecular formula is C17H16BrClFN3O2. The fourth-order valence-electron chi connectivity index (χ4n) is 2.56. The monoisotopic (exact) mass is 427 g/mol. The molecule has 132 valence electrons. The number of anilines is 1. The van der Waals surface area contributed by atoms with E-state index in [4.69, 9.17) is 16.3 Å². The van der Waals surface area contributed by atoms with E-state index in [0.29, 0.717) is 31.9 Å². The highest BCUT2D eigenvalue weighted by Gasteiger charge is 2.22. The van der Waals surface area contributed by atoms with Gasteiger partial charge in [-0.05, 0) is 46.3 Å². The highest BCUT2D eigenvalue weighted by atomic mass is 79.9. The van der Waals surface area contributed by atoms with Crippen LogP contribution in [0.15, 0.2) is 41.0 Å².